The van der Waals surface area contributed by atoms with Crippen LogP contribution in [0.4, 0.5) is 0 Å². The second-order valence-electron chi connectivity index (χ2n) is 4.27. The van der Waals surface area contributed by atoms with E-state index in [1.807, 2.05) is 0 Å². The average molecular weight is 186 g/mol. The predicted octanol–water partition coefficient (Wildman–Crippen LogP) is 1.66. The number of aliphatic hydroxyl groups is 2. The summed E-state index contributed by atoms with van der Waals surface area (Å²) in [6, 6.07) is 0. The van der Waals surface area contributed by atoms with Crippen LogP contribution in [0.3, 0.4) is 0 Å². The van der Waals surface area contributed by atoms with Gasteiger partial charge in [0.2, 0.25) is 0 Å². The molecule has 1 saturated carbocycles. The molecule has 0 radical (unpaired) electrons. The maximum atomic E-state index is 9.27. The van der Waals surface area contributed by atoms with Crippen LogP contribution in [0.1, 0.15) is 33.1 Å². The molecule has 2 heteroatoms. The van der Waals surface area contributed by atoms with Crippen LogP contribution in [-0.4, -0.2) is 23.4 Å². The summed E-state index contributed by atoms with van der Waals surface area (Å²) in [5.41, 5.74) is 0. The Morgan fingerprint density at radius 2 is 1.31 bits per heavy atom. The van der Waals surface area contributed by atoms with E-state index in [-0.39, 0.29) is 13.2 Å². The molecule has 1 rings (SSSR count). The molecule has 0 heterocycles. The van der Waals surface area contributed by atoms with Gasteiger partial charge in [0.05, 0.1) is 0 Å². The average Bonchev–Trinajstić information content (AvgIpc) is 2.54. The minimum atomic E-state index is 0.250. The maximum Gasteiger partial charge on any atom is 0.0465 e. The van der Waals surface area contributed by atoms with Crippen molar-refractivity contribution in [2.75, 3.05) is 13.2 Å². The van der Waals surface area contributed by atoms with Gasteiger partial charge in [-0.05, 0) is 30.1 Å². The lowest BCUT2D eigenvalue weighted by atomic mass is 9.86. The fourth-order valence-electron chi connectivity index (χ4n) is 2.95. The molecule has 2 nitrogen and oxygen atoms in total. The van der Waals surface area contributed by atoms with E-state index < -0.39 is 0 Å². The molecular weight excluding hydrogens is 164 g/mol. The highest BCUT2D eigenvalue weighted by molar-refractivity contribution is 4.89. The van der Waals surface area contributed by atoms with Gasteiger partial charge in [0.1, 0.15) is 0 Å². The van der Waals surface area contributed by atoms with Gasteiger partial charge in [-0.3, -0.25) is 0 Å². The number of rotatable bonds is 4. The molecule has 1 fully saturated rings. The van der Waals surface area contributed by atoms with E-state index in [1.165, 1.54) is 6.42 Å². The molecule has 0 aromatic heterocycles. The molecule has 1 aliphatic rings. The molecule has 1 aliphatic carbocycles. The van der Waals surface area contributed by atoms with Crippen LogP contribution >= 0.6 is 0 Å². The number of aliphatic hydroxyl groups excluding tert-OH is 2. The molecule has 0 bridgehead atoms. The first-order chi connectivity index (χ1) is 6.28. The third-order valence-electron chi connectivity index (χ3n) is 3.84. The van der Waals surface area contributed by atoms with Gasteiger partial charge in [-0.1, -0.05) is 26.7 Å². The topological polar surface area (TPSA) is 40.5 Å². The first-order valence-corrected chi connectivity index (χ1v) is 5.50. The van der Waals surface area contributed by atoms with Crippen LogP contribution in [0, 0.1) is 23.7 Å². The molecule has 4 unspecified atom stereocenters. The third kappa shape index (κ3) is 2.05. The maximum absolute atomic E-state index is 9.27. The Hall–Kier alpha value is -0.0800. The Morgan fingerprint density at radius 3 is 1.54 bits per heavy atom. The van der Waals surface area contributed by atoms with E-state index in [0.29, 0.717) is 23.7 Å². The summed E-state index contributed by atoms with van der Waals surface area (Å²) in [6.07, 6.45) is 3.47. The summed E-state index contributed by atoms with van der Waals surface area (Å²) in [4.78, 5) is 0. The molecule has 0 saturated heterocycles. The van der Waals surface area contributed by atoms with E-state index in [0.717, 1.165) is 12.8 Å². The Labute approximate surface area is 81.0 Å². The molecule has 13 heavy (non-hydrogen) atoms. The van der Waals surface area contributed by atoms with Gasteiger partial charge in [0.25, 0.3) is 0 Å². The van der Waals surface area contributed by atoms with Crippen molar-refractivity contribution in [2.24, 2.45) is 23.7 Å². The molecule has 78 valence electrons. The van der Waals surface area contributed by atoms with Gasteiger partial charge < -0.3 is 10.2 Å². The first kappa shape index (κ1) is 11.0. The highest BCUT2D eigenvalue weighted by Gasteiger charge is 2.40. The highest BCUT2D eigenvalue weighted by atomic mass is 16.3. The minimum absolute atomic E-state index is 0.250. The monoisotopic (exact) mass is 186 g/mol. The van der Waals surface area contributed by atoms with Crippen LogP contribution in [0.5, 0.6) is 0 Å². The van der Waals surface area contributed by atoms with Crippen molar-refractivity contribution in [3.63, 3.8) is 0 Å². The van der Waals surface area contributed by atoms with Gasteiger partial charge in [0.15, 0.2) is 0 Å². The summed E-state index contributed by atoms with van der Waals surface area (Å²) < 4.78 is 0. The normalized spacial score (nSPS) is 39.7. The summed E-state index contributed by atoms with van der Waals surface area (Å²) in [6.45, 7) is 4.86. The van der Waals surface area contributed by atoms with Crippen molar-refractivity contribution in [2.45, 2.75) is 33.1 Å². The van der Waals surface area contributed by atoms with E-state index in [2.05, 4.69) is 13.8 Å². The van der Waals surface area contributed by atoms with Crippen LogP contribution in [0.25, 0.3) is 0 Å². The highest BCUT2D eigenvalue weighted by Crippen LogP contribution is 2.44. The fourth-order valence-corrected chi connectivity index (χ4v) is 2.95. The van der Waals surface area contributed by atoms with Crippen LogP contribution < -0.4 is 0 Å². The van der Waals surface area contributed by atoms with Crippen molar-refractivity contribution in [1.82, 2.24) is 0 Å². The second-order valence-corrected chi connectivity index (χ2v) is 4.27. The van der Waals surface area contributed by atoms with Crippen molar-refractivity contribution in [3.8, 4) is 0 Å². The first-order valence-electron chi connectivity index (χ1n) is 5.50. The molecule has 0 aromatic carbocycles. The lowest BCUT2D eigenvalue weighted by Gasteiger charge is -2.22. The van der Waals surface area contributed by atoms with Crippen molar-refractivity contribution >= 4 is 0 Å². The zero-order chi connectivity index (χ0) is 9.84. The minimum Gasteiger partial charge on any atom is -0.396 e. The molecule has 0 aliphatic heterocycles. The molecule has 0 spiro atoms. The SMILES string of the molecule is CCC1CC(CC)C(CO)C1CO. The van der Waals surface area contributed by atoms with Gasteiger partial charge >= 0.3 is 0 Å². The van der Waals surface area contributed by atoms with Crippen LogP contribution in [0.15, 0.2) is 0 Å². The van der Waals surface area contributed by atoms with E-state index in [4.69, 9.17) is 0 Å². The van der Waals surface area contributed by atoms with Crippen molar-refractivity contribution in [1.29, 1.82) is 0 Å². The Bertz CT molecular complexity index is 131. The summed E-state index contributed by atoms with van der Waals surface area (Å²) in [5.74, 6) is 1.96. The van der Waals surface area contributed by atoms with Crippen LogP contribution in [0.2, 0.25) is 0 Å². The Morgan fingerprint density at radius 1 is 0.923 bits per heavy atom. The lowest BCUT2D eigenvalue weighted by molar-refractivity contribution is 0.101. The molecule has 4 atom stereocenters. The fraction of sp³-hybridized carbons (Fsp3) is 1.00. The van der Waals surface area contributed by atoms with Gasteiger partial charge in [-0.15, -0.1) is 0 Å². The zero-order valence-electron chi connectivity index (χ0n) is 8.74. The summed E-state index contributed by atoms with van der Waals surface area (Å²) in [5, 5.41) is 18.5. The third-order valence-corrected chi connectivity index (χ3v) is 3.84. The van der Waals surface area contributed by atoms with Gasteiger partial charge in [0, 0.05) is 13.2 Å². The Balaban J connectivity index is 2.65. The molecular formula is C11H22O2. The zero-order valence-corrected chi connectivity index (χ0v) is 8.74. The number of hydrogen-bond acceptors (Lipinski definition) is 2. The quantitative estimate of drug-likeness (QED) is 0.701. The van der Waals surface area contributed by atoms with Gasteiger partial charge in [-0.25, -0.2) is 0 Å². The summed E-state index contributed by atoms with van der Waals surface area (Å²) >= 11 is 0. The van der Waals surface area contributed by atoms with Crippen LogP contribution in [-0.2, 0) is 0 Å². The Kier molecular flexibility index (Phi) is 4.20. The van der Waals surface area contributed by atoms with E-state index in [1.54, 1.807) is 0 Å². The molecule has 0 aromatic rings. The van der Waals surface area contributed by atoms with Crippen molar-refractivity contribution in [3.05, 3.63) is 0 Å². The second kappa shape index (κ2) is 4.97. The summed E-state index contributed by atoms with van der Waals surface area (Å²) in [7, 11) is 0. The predicted molar refractivity (Wildman–Crippen MR) is 53.3 cm³/mol. The van der Waals surface area contributed by atoms with Crippen molar-refractivity contribution < 1.29 is 10.2 Å². The lowest BCUT2D eigenvalue weighted by Crippen LogP contribution is -2.24. The van der Waals surface area contributed by atoms with Gasteiger partial charge in [-0.2, -0.15) is 0 Å². The van der Waals surface area contributed by atoms with E-state index in [9.17, 15) is 10.2 Å². The standard InChI is InChI=1S/C11H22O2/c1-3-8-5-9(4-2)11(7-13)10(8)6-12/h8-13H,3-7H2,1-2H3. The number of hydrogen-bond donors (Lipinski definition) is 2. The largest absolute Gasteiger partial charge is 0.396 e. The molecule has 2 N–H and O–H groups in total. The smallest absolute Gasteiger partial charge is 0.0465 e. The molecule has 0 amide bonds. The van der Waals surface area contributed by atoms with E-state index >= 15 is 0 Å².